The van der Waals surface area contributed by atoms with Gasteiger partial charge in [0.2, 0.25) is 0 Å². The van der Waals surface area contributed by atoms with Gasteiger partial charge in [0, 0.05) is 18.7 Å². The summed E-state index contributed by atoms with van der Waals surface area (Å²) in [6.07, 6.45) is -2.85. The number of carbonyl (C=O) groups is 1. The van der Waals surface area contributed by atoms with Gasteiger partial charge >= 0.3 is 6.18 Å². The number of phenols is 1. The Morgan fingerprint density at radius 1 is 1.45 bits per heavy atom. The van der Waals surface area contributed by atoms with Gasteiger partial charge in [0.05, 0.1) is 14.7 Å². The molecule has 8 heteroatoms. The van der Waals surface area contributed by atoms with Gasteiger partial charge in [-0.3, -0.25) is 4.79 Å². The number of aromatic hydroxyl groups is 1. The molecular formula is C14H14F3IN2O2. The molecule has 1 heterocycles. The monoisotopic (exact) mass is 426 g/mol. The number of anilines is 1. The highest BCUT2D eigenvalue weighted by Gasteiger charge is 2.34. The van der Waals surface area contributed by atoms with Crippen LogP contribution in [0.5, 0.6) is 5.75 Å². The first-order valence-corrected chi connectivity index (χ1v) is 7.51. The molecule has 4 nitrogen and oxygen atoms in total. The lowest BCUT2D eigenvalue weighted by Gasteiger charge is -2.29. The summed E-state index contributed by atoms with van der Waals surface area (Å²) in [6, 6.07) is 2.40. The SMILES string of the molecule is CC1(I)CNCC=C1C(=O)Nc1cc(C(F)(F)F)ccc1O. The smallest absolute Gasteiger partial charge is 0.416 e. The molecule has 0 radical (unpaired) electrons. The number of rotatable bonds is 2. The molecule has 0 aromatic heterocycles. The Morgan fingerprint density at radius 2 is 2.14 bits per heavy atom. The van der Waals surface area contributed by atoms with Crippen LogP contribution in [0.15, 0.2) is 29.8 Å². The Kier molecular flexibility index (Phi) is 4.71. The van der Waals surface area contributed by atoms with Crippen LogP contribution >= 0.6 is 22.6 Å². The van der Waals surface area contributed by atoms with Crippen LogP contribution in [0.25, 0.3) is 0 Å². The average Bonchev–Trinajstić information content (AvgIpc) is 2.39. The van der Waals surface area contributed by atoms with Crippen molar-refractivity contribution >= 4 is 34.2 Å². The third kappa shape index (κ3) is 3.72. The molecule has 0 saturated carbocycles. The first kappa shape index (κ1) is 17.1. The quantitative estimate of drug-likeness (QED) is 0.387. The van der Waals surface area contributed by atoms with Gasteiger partial charge < -0.3 is 15.7 Å². The normalized spacial score (nSPS) is 22.1. The summed E-state index contributed by atoms with van der Waals surface area (Å²) in [7, 11) is 0. The first-order valence-electron chi connectivity index (χ1n) is 6.43. The molecule has 0 bridgehead atoms. The van der Waals surface area contributed by atoms with Crippen LogP contribution in [0.4, 0.5) is 18.9 Å². The number of hydrogen-bond donors (Lipinski definition) is 3. The Labute approximate surface area is 138 Å². The second-order valence-electron chi connectivity index (χ2n) is 5.13. The predicted octanol–water partition coefficient (Wildman–Crippen LogP) is 3.07. The molecule has 1 aliphatic heterocycles. The number of carbonyl (C=O) groups excluding carboxylic acids is 1. The summed E-state index contributed by atoms with van der Waals surface area (Å²) in [5, 5.41) is 15.1. The van der Waals surface area contributed by atoms with E-state index in [1.54, 1.807) is 6.08 Å². The predicted molar refractivity (Wildman–Crippen MR) is 85.1 cm³/mol. The van der Waals surface area contributed by atoms with Gasteiger partial charge in [-0.2, -0.15) is 13.2 Å². The molecule has 1 aliphatic rings. The zero-order valence-electron chi connectivity index (χ0n) is 11.6. The minimum absolute atomic E-state index is 0.258. The molecule has 1 atom stereocenters. The van der Waals surface area contributed by atoms with Crippen molar-refractivity contribution in [2.75, 3.05) is 18.4 Å². The molecular weight excluding hydrogens is 412 g/mol. The van der Waals surface area contributed by atoms with Crippen molar-refractivity contribution < 1.29 is 23.1 Å². The highest BCUT2D eigenvalue weighted by atomic mass is 127. The fraction of sp³-hybridized carbons (Fsp3) is 0.357. The summed E-state index contributed by atoms with van der Waals surface area (Å²) in [4.78, 5) is 12.3. The molecule has 0 fully saturated rings. The van der Waals surface area contributed by atoms with Crippen LogP contribution in [0.2, 0.25) is 0 Å². The van der Waals surface area contributed by atoms with E-state index in [4.69, 9.17) is 0 Å². The van der Waals surface area contributed by atoms with Crippen molar-refractivity contribution in [3.8, 4) is 5.75 Å². The van der Waals surface area contributed by atoms with E-state index >= 15 is 0 Å². The average molecular weight is 426 g/mol. The molecule has 2 rings (SSSR count). The van der Waals surface area contributed by atoms with Gasteiger partial charge in [-0.25, -0.2) is 0 Å². The molecule has 120 valence electrons. The second-order valence-corrected chi connectivity index (χ2v) is 7.51. The van der Waals surface area contributed by atoms with E-state index < -0.39 is 26.8 Å². The molecule has 0 saturated heterocycles. The van der Waals surface area contributed by atoms with Gasteiger partial charge in [0.15, 0.2) is 0 Å². The number of amides is 1. The molecule has 1 aromatic rings. The van der Waals surface area contributed by atoms with Crippen molar-refractivity contribution in [1.29, 1.82) is 0 Å². The van der Waals surface area contributed by atoms with E-state index in [9.17, 15) is 23.1 Å². The van der Waals surface area contributed by atoms with Crippen LogP contribution in [0.3, 0.4) is 0 Å². The highest BCUT2D eigenvalue weighted by Crippen LogP contribution is 2.35. The number of alkyl halides is 4. The van der Waals surface area contributed by atoms with Gasteiger partial charge in [0.1, 0.15) is 5.75 Å². The Morgan fingerprint density at radius 3 is 2.73 bits per heavy atom. The van der Waals surface area contributed by atoms with Crippen LogP contribution in [-0.4, -0.2) is 27.5 Å². The van der Waals surface area contributed by atoms with Crippen molar-refractivity contribution in [2.24, 2.45) is 0 Å². The highest BCUT2D eigenvalue weighted by molar-refractivity contribution is 14.1. The van der Waals surface area contributed by atoms with Gasteiger partial charge in [-0.15, -0.1) is 0 Å². The number of benzene rings is 1. The molecule has 3 N–H and O–H groups in total. The van der Waals surface area contributed by atoms with Crippen LogP contribution in [0.1, 0.15) is 12.5 Å². The number of phenolic OH excluding ortho intramolecular Hbond substituents is 1. The molecule has 1 amide bonds. The van der Waals surface area contributed by atoms with E-state index in [2.05, 4.69) is 33.2 Å². The van der Waals surface area contributed by atoms with Crippen LogP contribution in [0, 0.1) is 0 Å². The lowest BCUT2D eigenvalue weighted by atomic mass is 9.97. The minimum Gasteiger partial charge on any atom is -0.506 e. The Balaban J connectivity index is 2.27. The van der Waals surface area contributed by atoms with Gasteiger partial charge in [-0.05, 0) is 25.1 Å². The van der Waals surface area contributed by atoms with Gasteiger partial charge in [0.25, 0.3) is 5.91 Å². The summed E-state index contributed by atoms with van der Waals surface area (Å²) in [6.45, 7) is 2.93. The third-order valence-corrected chi connectivity index (χ3v) is 4.25. The maximum atomic E-state index is 12.7. The minimum atomic E-state index is -4.54. The Bertz CT molecular complexity index is 627. The Hall–Kier alpha value is -1.29. The van der Waals surface area contributed by atoms with E-state index in [0.717, 1.165) is 18.2 Å². The van der Waals surface area contributed by atoms with Crippen molar-refractivity contribution in [3.63, 3.8) is 0 Å². The topological polar surface area (TPSA) is 61.4 Å². The molecule has 0 spiro atoms. The summed E-state index contributed by atoms with van der Waals surface area (Å²) < 4.78 is 37.6. The van der Waals surface area contributed by atoms with E-state index in [1.807, 2.05) is 6.92 Å². The van der Waals surface area contributed by atoms with Crippen LogP contribution in [-0.2, 0) is 11.0 Å². The van der Waals surface area contributed by atoms with Crippen molar-refractivity contribution in [2.45, 2.75) is 16.5 Å². The second kappa shape index (κ2) is 6.07. The number of nitrogens with one attached hydrogen (secondary N) is 2. The zero-order chi connectivity index (χ0) is 16.5. The third-order valence-electron chi connectivity index (χ3n) is 3.29. The van der Waals surface area contributed by atoms with E-state index in [1.165, 1.54) is 0 Å². The van der Waals surface area contributed by atoms with Crippen molar-refractivity contribution in [3.05, 3.63) is 35.4 Å². The fourth-order valence-corrected chi connectivity index (χ4v) is 2.86. The maximum Gasteiger partial charge on any atom is 0.416 e. The largest absolute Gasteiger partial charge is 0.506 e. The lowest BCUT2D eigenvalue weighted by Crippen LogP contribution is -2.42. The molecule has 22 heavy (non-hydrogen) atoms. The standard InChI is InChI=1S/C14H14F3IN2O2/c1-13(18)7-19-5-4-9(13)12(22)20-10-6-8(14(15,16)17)2-3-11(10)21/h2-4,6,19,21H,5,7H2,1H3,(H,20,22). The summed E-state index contributed by atoms with van der Waals surface area (Å²) in [5.41, 5.74) is -0.729. The summed E-state index contributed by atoms with van der Waals surface area (Å²) >= 11 is 2.11. The molecule has 1 aromatic carbocycles. The van der Waals surface area contributed by atoms with Gasteiger partial charge in [-0.1, -0.05) is 28.7 Å². The van der Waals surface area contributed by atoms with Crippen LogP contribution < -0.4 is 10.6 Å². The van der Waals surface area contributed by atoms with Crippen molar-refractivity contribution in [1.82, 2.24) is 5.32 Å². The summed E-state index contributed by atoms with van der Waals surface area (Å²) in [5.74, 6) is -0.931. The first-order chi connectivity index (χ1) is 10.1. The zero-order valence-corrected chi connectivity index (χ0v) is 13.7. The lowest BCUT2D eigenvalue weighted by molar-refractivity contribution is -0.137. The number of halogens is 4. The maximum absolute atomic E-state index is 12.7. The van der Waals surface area contributed by atoms with E-state index in [0.29, 0.717) is 18.7 Å². The molecule has 0 aliphatic carbocycles. The molecule has 1 unspecified atom stereocenters. The fourth-order valence-electron chi connectivity index (χ4n) is 2.12. The number of hydrogen-bond acceptors (Lipinski definition) is 3. The van der Waals surface area contributed by atoms with E-state index in [-0.39, 0.29) is 5.69 Å².